The van der Waals surface area contributed by atoms with Gasteiger partial charge in [0, 0.05) is 16.3 Å². The molecule has 0 saturated heterocycles. The molecule has 2 aliphatic rings. The predicted octanol–water partition coefficient (Wildman–Crippen LogP) is 3.77. The van der Waals surface area contributed by atoms with Gasteiger partial charge in [-0.3, -0.25) is 4.99 Å². The van der Waals surface area contributed by atoms with Gasteiger partial charge in [-0.25, -0.2) is 0 Å². The fourth-order valence-electron chi connectivity index (χ4n) is 2.57. The van der Waals surface area contributed by atoms with Crippen molar-refractivity contribution in [1.82, 2.24) is 0 Å². The summed E-state index contributed by atoms with van der Waals surface area (Å²) in [5.41, 5.74) is 6.93. The summed E-state index contributed by atoms with van der Waals surface area (Å²) in [6.07, 6.45) is 8.01. The molecular formula is C14H14BrN. The Bertz CT molecular complexity index is 512. The van der Waals surface area contributed by atoms with Crippen molar-refractivity contribution in [3.63, 3.8) is 0 Å². The van der Waals surface area contributed by atoms with Crippen LogP contribution in [0.4, 0.5) is 0 Å². The van der Waals surface area contributed by atoms with E-state index in [9.17, 15) is 0 Å². The van der Waals surface area contributed by atoms with Gasteiger partial charge in [-0.2, -0.15) is 0 Å². The van der Waals surface area contributed by atoms with E-state index in [4.69, 9.17) is 0 Å². The molecule has 0 fully saturated rings. The largest absolute Gasteiger partial charge is 0.288 e. The van der Waals surface area contributed by atoms with E-state index >= 15 is 0 Å². The van der Waals surface area contributed by atoms with Gasteiger partial charge < -0.3 is 0 Å². The highest BCUT2D eigenvalue weighted by atomic mass is 79.9. The number of nitrogens with zero attached hydrogens (tertiary/aromatic N) is 1. The third kappa shape index (κ3) is 1.56. The van der Waals surface area contributed by atoms with Crippen LogP contribution >= 0.6 is 15.9 Å². The van der Waals surface area contributed by atoms with Crippen LogP contribution in [0.25, 0.3) is 6.08 Å². The highest BCUT2D eigenvalue weighted by Crippen LogP contribution is 2.35. The molecule has 0 N–H and O–H groups in total. The van der Waals surface area contributed by atoms with E-state index in [1.807, 2.05) is 6.21 Å². The molecule has 0 spiro atoms. The number of aryl methyl sites for hydroxylation is 1. The Morgan fingerprint density at radius 3 is 3.06 bits per heavy atom. The predicted molar refractivity (Wildman–Crippen MR) is 72.3 cm³/mol. The molecule has 0 aromatic heterocycles. The van der Waals surface area contributed by atoms with Crippen LogP contribution in [0.5, 0.6) is 0 Å². The van der Waals surface area contributed by atoms with Gasteiger partial charge in [-0.15, -0.1) is 0 Å². The van der Waals surface area contributed by atoms with E-state index < -0.39 is 0 Å². The molecule has 2 heteroatoms. The number of halogens is 1. The normalized spacial score (nSPS) is 17.8. The smallest absolute Gasteiger partial charge is 0.0600 e. The van der Waals surface area contributed by atoms with Crippen molar-refractivity contribution in [3.05, 3.63) is 38.4 Å². The molecule has 1 heterocycles. The molecular weight excluding hydrogens is 262 g/mol. The number of hydrogen-bond donors (Lipinski definition) is 0. The highest BCUT2D eigenvalue weighted by molar-refractivity contribution is 9.10. The van der Waals surface area contributed by atoms with Gasteiger partial charge in [0.15, 0.2) is 0 Å². The maximum absolute atomic E-state index is 4.45. The van der Waals surface area contributed by atoms with E-state index in [1.54, 1.807) is 0 Å². The topological polar surface area (TPSA) is 12.4 Å². The van der Waals surface area contributed by atoms with Crippen molar-refractivity contribution in [3.8, 4) is 0 Å². The van der Waals surface area contributed by atoms with Gasteiger partial charge in [-0.1, -0.05) is 11.6 Å². The standard InChI is InChI=1S/C14H14BrN/c1-9-5-13-11(8-16-7-9)6-10-3-2-4-12(10)14(13)15/h5-6,8H,2-4,7H2,1H3. The SMILES string of the molecule is CC1=Cc2c(cc3c(c2Br)CCC3)C=NC1. The van der Waals surface area contributed by atoms with Crippen molar-refractivity contribution in [2.24, 2.45) is 4.99 Å². The average Bonchev–Trinajstić information content (AvgIpc) is 2.63. The highest BCUT2D eigenvalue weighted by Gasteiger charge is 2.19. The summed E-state index contributed by atoms with van der Waals surface area (Å²) in [5, 5.41) is 0. The molecule has 1 aliphatic carbocycles. The Hall–Kier alpha value is -0.890. The van der Waals surface area contributed by atoms with Crippen LogP contribution < -0.4 is 0 Å². The van der Waals surface area contributed by atoms with E-state index in [2.05, 4.69) is 40.0 Å². The Kier molecular flexibility index (Phi) is 2.47. The summed E-state index contributed by atoms with van der Waals surface area (Å²) < 4.78 is 1.30. The number of fused-ring (bicyclic) bond motifs is 2. The average molecular weight is 276 g/mol. The van der Waals surface area contributed by atoms with Crippen LogP contribution in [0.15, 0.2) is 21.1 Å². The second kappa shape index (κ2) is 3.85. The Morgan fingerprint density at radius 1 is 1.31 bits per heavy atom. The number of rotatable bonds is 0. The monoisotopic (exact) mass is 275 g/mol. The molecule has 0 unspecified atom stereocenters. The Labute approximate surface area is 104 Å². The summed E-state index contributed by atoms with van der Waals surface area (Å²) >= 11 is 3.77. The van der Waals surface area contributed by atoms with Crippen LogP contribution in [0.2, 0.25) is 0 Å². The minimum atomic E-state index is 0.825. The maximum atomic E-state index is 4.45. The first-order valence-corrected chi connectivity index (χ1v) is 6.56. The van der Waals surface area contributed by atoms with E-state index in [1.165, 1.54) is 51.6 Å². The molecule has 0 atom stereocenters. The summed E-state index contributed by atoms with van der Waals surface area (Å²) in [7, 11) is 0. The lowest BCUT2D eigenvalue weighted by atomic mass is 9.99. The fourth-order valence-corrected chi connectivity index (χ4v) is 3.36. The van der Waals surface area contributed by atoms with Gasteiger partial charge in [0.2, 0.25) is 0 Å². The molecule has 0 saturated carbocycles. The zero-order valence-corrected chi connectivity index (χ0v) is 11.0. The second-order valence-corrected chi connectivity index (χ2v) is 5.44. The van der Waals surface area contributed by atoms with Crippen molar-refractivity contribution in [2.75, 3.05) is 6.54 Å². The van der Waals surface area contributed by atoms with Gasteiger partial charge in [0.05, 0.1) is 6.54 Å². The number of benzene rings is 1. The molecule has 1 nitrogen and oxygen atoms in total. The van der Waals surface area contributed by atoms with Gasteiger partial charge in [-0.05, 0) is 64.9 Å². The first-order chi connectivity index (χ1) is 7.75. The van der Waals surface area contributed by atoms with E-state index in [0.717, 1.165) is 6.54 Å². The molecule has 3 rings (SSSR count). The van der Waals surface area contributed by atoms with Gasteiger partial charge in [0.1, 0.15) is 0 Å². The van der Waals surface area contributed by atoms with E-state index in [0.29, 0.717) is 0 Å². The van der Waals surface area contributed by atoms with Crippen LogP contribution in [-0.4, -0.2) is 12.8 Å². The molecule has 82 valence electrons. The molecule has 1 aromatic rings. The Morgan fingerprint density at radius 2 is 2.19 bits per heavy atom. The lowest BCUT2D eigenvalue weighted by molar-refractivity contribution is 0.910. The molecule has 1 aliphatic heterocycles. The van der Waals surface area contributed by atoms with Crippen LogP contribution in [-0.2, 0) is 12.8 Å². The third-order valence-electron chi connectivity index (χ3n) is 3.36. The zero-order valence-electron chi connectivity index (χ0n) is 9.39. The quantitative estimate of drug-likeness (QED) is 0.684. The molecule has 1 aromatic carbocycles. The lowest BCUT2D eigenvalue weighted by Gasteiger charge is -2.10. The van der Waals surface area contributed by atoms with Crippen LogP contribution in [0.3, 0.4) is 0 Å². The van der Waals surface area contributed by atoms with Gasteiger partial charge in [0.25, 0.3) is 0 Å². The maximum Gasteiger partial charge on any atom is 0.0600 e. The van der Waals surface area contributed by atoms with Crippen LogP contribution in [0, 0.1) is 0 Å². The molecule has 0 amide bonds. The summed E-state index contributed by atoms with van der Waals surface area (Å²) in [5.74, 6) is 0. The minimum Gasteiger partial charge on any atom is -0.288 e. The minimum absolute atomic E-state index is 0.825. The molecule has 16 heavy (non-hydrogen) atoms. The van der Waals surface area contributed by atoms with Crippen molar-refractivity contribution in [1.29, 1.82) is 0 Å². The molecule has 0 radical (unpaired) electrons. The molecule has 0 bridgehead atoms. The number of aliphatic imine (C=N–C) groups is 1. The fraction of sp³-hybridized carbons (Fsp3) is 0.357. The van der Waals surface area contributed by atoms with E-state index in [-0.39, 0.29) is 0 Å². The first kappa shape index (κ1) is 10.3. The second-order valence-electron chi connectivity index (χ2n) is 4.65. The third-order valence-corrected chi connectivity index (χ3v) is 4.27. The van der Waals surface area contributed by atoms with Crippen molar-refractivity contribution in [2.45, 2.75) is 26.2 Å². The summed E-state index contributed by atoms with van der Waals surface area (Å²) in [6.45, 7) is 2.97. The first-order valence-electron chi connectivity index (χ1n) is 5.77. The number of hydrogen-bond acceptors (Lipinski definition) is 1. The van der Waals surface area contributed by atoms with Crippen molar-refractivity contribution >= 4 is 28.2 Å². The Balaban J connectivity index is 2.28. The lowest BCUT2D eigenvalue weighted by Crippen LogP contribution is -1.94. The van der Waals surface area contributed by atoms with Crippen molar-refractivity contribution < 1.29 is 0 Å². The zero-order chi connectivity index (χ0) is 11.1. The van der Waals surface area contributed by atoms with Gasteiger partial charge >= 0.3 is 0 Å². The summed E-state index contributed by atoms with van der Waals surface area (Å²) in [6, 6.07) is 2.32. The van der Waals surface area contributed by atoms with Crippen LogP contribution in [0.1, 0.15) is 35.6 Å². The summed E-state index contributed by atoms with van der Waals surface area (Å²) in [4.78, 5) is 4.45.